The van der Waals surface area contributed by atoms with Crippen molar-refractivity contribution in [3.63, 3.8) is 0 Å². The minimum absolute atomic E-state index is 0.00338. The lowest BCUT2D eigenvalue weighted by Gasteiger charge is -2.32. The molecule has 1 aromatic heterocycles. The van der Waals surface area contributed by atoms with Crippen LogP contribution in [0.3, 0.4) is 0 Å². The van der Waals surface area contributed by atoms with Crippen LogP contribution >= 0.6 is 11.3 Å². The van der Waals surface area contributed by atoms with E-state index in [0.717, 1.165) is 22.4 Å². The number of hydrogen-bond acceptors (Lipinski definition) is 3. The number of amides is 2. The molecule has 164 valence electrons. The fraction of sp³-hybridized carbons (Fsp3) is 0.500. The number of aryl methyl sites for hydroxylation is 1. The van der Waals surface area contributed by atoms with Gasteiger partial charge in [-0.05, 0) is 60.9 Å². The highest BCUT2D eigenvalue weighted by atomic mass is 32.1. The molecule has 0 saturated heterocycles. The molecule has 2 amide bonds. The van der Waals surface area contributed by atoms with E-state index in [9.17, 15) is 14.0 Å². The molecule has 2 rings (SSSR count). The van der Waals surface area contributed by atoms with Crippen LogP contribution in [0.5, 0.6) is 0 Å². The van der Waals surface area contributed by atoms with E-state index in [0.29, 0.717) is 19.5 Å². The number of halogens is 1. The first kappa shape index (κ1) is 24.1. The third kappa shape index (κ3) is 6.94. The molecule has 6 heteroatoms. The minimum Gasteiger partial charge on any atom is -0.332 e. The molecule has 0 bridgehead atoms. The Morgan fingerprint density at radius 1 is 1.03 bits per heavy atom. The van der Waals surface area contributed by atoms with Gasteiger partial charge in [-0.2, -0.15) is 0 Å². The Morgan fingerprint density at radius 2 is 1.70 bits per heavy atom. The molecule has 0 N–H and O–H groups in total. The molecule has 0 radical (unpaired) electrons. The van der Waals surface area contributed by atoms with Gasteiger partial charge in [0.25, 0.3) is 0 Å². The van der Waals surface area contributed by atoms with Crippen molar-refractivity contribution in [2.24, 2.45) is 5.92 Å². The van der Waals surface area contributed by atoms with Crippen LogP contribution in [0.2, 0.25) is 0 Å². The second-order valence-electron chi connectivity index (χ2n) is 8.28. The van der Waals surface area contributed by atoms with E-state index in [4.69, 9.17) is 0 Å². The van der Waals surface area contributed by atoms with Gasteiger partial charge < -0.3 is 9.80 Å². The van der Waals surface area contributed by atoms with Crippen LogP contribution in [0, 0.1) is 18.7 Å². The predicted molar refractivity (Wildman–Crippen MR) is 121 cm³/mol. The SMILES string of the molecule is CC[C@H](C)N(CC(=O)N(Cc1ccc(F)cc1)Cc1sccc1C)C(=O)CC(C)C. The maximum atomic E-state index is 13.3. The van der Waals surface area contributed by atoms with Gasteiger partial charge in [0, 0.05) is 23.9 Å². The summed E-state index contributed by atoms with van der Waals surface area (Å²) in [6, 6.07) is 8.26. The summed E-state index contributed by atoms with van der Waals surface area (Å²) in [4.78, 5) is 30.7. The van der Waals surface area contributed by atoms with Gasteiger partial charge in [-0.25, -0.2) is 4.39 Å². The lowest BCUT2D eigenvalue weighted by Crippen LogP contribution is -2.46. The first-order valence-corrected chi connectivity index (χ1v) is 11.4. The maximum absolute atomic E-state index is 13.3. The zero-order valence-corrected chi connectivity index (χ0v) is 19.5. The Morgan fingerprint density at radius 3 is 2.23 bits per heavy atom. The Hall–Kier alpha value is -2.21. The normalized spacial score (nSPS) is 12.1. The van der Waals surface area contributed by atoms with Crippen molar-refractivity contribution in [1.82, 2.24) is 9.80 Å². The van der Waals surface area contributed by atoms with Gasteiger partial charge in [0.1, 0.15) is 12.4 Å². The second kappa shape index (κ2) is 11.3. The average Bonchev–Trinajstić information content (AvgIpc) is 3.10. The highest BCUT2D eigenvalue weighted by Crippen LogP contribution is 2.20. The number of nitrogens with zero attached hydrogens (tertiary/aromatic N) is 2. The minimum atomic E-state index is -0.298. The molecule has 1 aromatic carbocycles. The molecule has 0 unspecified atom stereocenters. The molecule has 2 aromatic rings. The molecule has 0 spiro atoms. The number of carbonyl (C=O) groups is 2. The monoisotopic (exact) mass is 432 g/mol. The Labute approximate surface area is 183 Å². The number of thiophene rings is 1. The molecule has 0 fully saturated rings. The zero-order chi connectivity index (χ0) is 22.3. The standard InChI is InChI=1S/C24H33FN2O2S/c1-6-19(5)27(23(28)13-17(2)3)16-24(29)26(15-22-18(4)11-12-30-22)14-20-7-9-21(25)10-8-20/h7-12,17,19H,6,13-16H2,1-5H3/t19-/m0/s1. The summed E-state index contributed by atoms with van der Waals surface area (Å²) in [5.74, 6) is -0.137. The van der Waals surface area contributed by atoms with E-state index in [2.05, 4.69) is 0 Å². The molecule has 0 aliphatic heterocycles. The molecule has 1 heterocycles. The van der Waals surface area contributed by atoms with Crippen LogP contribution in [0.25, 0.3) is 0 Å². The van der Waals surface area contributed by atoms with Crippen LogP contribution in [0.15, 0.2) is 35.7 Å². The number of benzene rings is 1. The maximum Gasteiger partial charge on any atom is 0.242 e. The van der Waals surface area contributed by atoms with Crippen LogP contribution < -0.4 is 0 Å². The topological polar surface area (TPSA) is 40.6 Å². The molecule has 0 aliphatic carbocycles. The van der Waals surface area contributed by atoms with Crippen LogP contribution in [0.1, 0.15) is 56.5 Å². The van der Waals surface area contributed by atoms with Crippen molar-refractivity contribution in [2.75, 3.05) is 6.54 Å². The first-order chi connectivity index (χ1) is 14.2. The van der Waals surface area contributed by atoms with Gasteiger partial charge in [0.2, 0.25) is 11.8 Å². The van der Waals surface area contributed by atoms with E-state index < -0.39 is 0 Å². The van der Waals surface area contributed by atoms with Crippen molar-refractivity contribution < 1.29 is 14.0 Å². The van der Waals surface area contributed by atoms with Gasteiger partial charge in [-0.15, -0.1) is 11.3 Å². The van der Waals surface area contributed by atoms with E-state index in [1.807, 2.05) is 46.1 Å². The van der Waals surface area contributed by atoms with Crippen molar-refractivity contribution in [1.29, 1.82) is 0 Å². The van der Waals surface area contributed by atoms with E-state index in [1.54, 1.807) is 33.3 Å². The van der Waals surface area contributed by atoms with Crippen LogP contribution in [-0.4, -0.2) is 34.2 Å². The summed E-state index contributed by atoms with van der Waals surface area (Å²) in [6.45, 7) is 11.0. The van der Waals surface area contributed by atoms with E-state index in [-0.39, 0.29) is 36.1 Å². The molecule has 0 aliphatic rings. The highest BCUT2D eigenvalue weighted by molar-refractivity contribution is 7.10. The molecule has 1 atom stereocenters. The van der Waals surface area contributed by atoms with E-state index >= 15 is 0 Å². The second-order valence-corrected chi connectivity index (χ2v) is 9.28. The van der Waals surface area contributed by atoms with Gasteiger partial charge in [-0.3, -0.25) is 9.59 Å². The summed E-state index contributed by atoms with van der Waals surface area (Å²) in [7, 11) is 0. The highest BCUT2D eigenvalue weighted by Gasteiger charge is 2.25. The Bertz CT molecular complexity index is 832. The third-order valence-corrected chi connectivity index (χ3v) is 6.28. The third-order valence-electron chi connectivity index (χ3n) is 5.27. The van der Waals surface area contributed by atoms with Crippen molar-refractivity contribution >= 4 is 23.2 Å². The van der Waals surface area contributed by atoms with Crippen LogP contribution in [-0.2, 0) is 22.7 Å². The van der Waals surface area contributed by atoms with Crippen LogP contribution in [0.4, 0.5) is 4.39 Å². The molecule has 30 heavy (non-hydrogen) atoms. The predicted octanol–water partition coefficient (Wildman–Crippen LogP) is 5.40. The van der Waals surface area contributed by atoms with Gasteiger partial charge in [0.05, 0.1) is 6.54 Å². The summed E-state index contributed by atoms with van der Waals surface area (Å²) in [6.07, 6.45) is 1.22. The van der Waals surface area contributed by atoms with Crippen molar-refractivity contribution in [3.05, 3.63) is 57.5 Å². The summed E-state index contributed by atoms with van der Waals surface area (Å²) < 4.78 is 13.3. The summed E-state index contributed by atoms with van der Waals surface area (Å²) in [5, 5.41) is 2.02. The van der Waals surface area contributed by atoms with Gasteiger partial charge >= 0.3 is 0 Å². The summed E-state index contributed by atoms with van der Waals surface area (Å²) in [5.41, 5.74) is 2.01. The lowest BCUT2D eigenvalue weighted by atomic mass is 10.1. The zero-order valence-electron chi connectivity index (χ0n) is 18.7. The smallest absolute Gasteiger partial charge is 0.242 e. The number of carbonyl (C=O) groups excluding carboxylic acids is 2. The number of hydrogen-bond donors (Lipinski definition) is 0. The fourth-order valence-corrected chi connectivity index (χ4v) is 4.13. The largest absolute Gasteiger partial charge is 0.332 e. The fourth-order valence-electron chi connectivity index (χ4n) is 3.20. The van der Waals surface area contributed by atoms with E-state index in [1.165, 1.54) is 12.1 Å². The van der Waals surface area contributed by atoms with Gasteiger partial charge in [-0.1, -0.05) is 32.9 Å². The summed E-state index contributed by atoms with van der Waals surface area (Å²) >= 11 is 1.62. The lowest BCUT2D eigenvalue weighted by molar-refractivity contribution is -0.143. The Kier molecular flexibility index (Phi) is 9.03. The van der Waals surface area contributed by atoms with Gasteiger partial charge in [0.15, 0.2) is 0 Å². The molecule has 4 nitrogen and oxygen atoms in total. The average molecular weight is 433 g/mol. The van der Waals surface area contributed by atoms with Crippen molar-refractivity contribution in [2.45, 2.75) is 66.6 Å². The first-order valence-electron chi connectivity index (χ1n) is 10.6. The Balaban J connectivity index is 2.23. The molecular weight excluding hydrogens is 399 g/mol. The van der Waals surface area contributed by atoms with Crippen molar-refractivity contribution in [3.8, 4) is 0 Å². The number of rotatable bonds is 10. The molecular formula is C24H33FN2O2S. The molecule has 0 saturated carbocycles. The quantitative estimate of drug-likeness (QED) is 0.504.